The third kappa shape index (κ3) is 3.54. The quantitative estimate of drug-likeness (QED) is 0.580. The molecular formula is C9H16O2. The van der Waals surface area contributed by atoms with Gasteiger partial charge in [0.1, 0.15) is 0 Å². The van der Waals surface area contributed by atoms with Crippen molar-refractivity contribution in [3.63, 3.8) is 0 Å². The van der Waals surface area contributed by atoms with Gasteiger partial charge in [0.25, 0.3) is 0 Å². The maximum absolute atomic E-state index is 5.47. The zero-order valence-corrected chi connectivity index (χ0v) is 7.08. The van der Waals surface area contributed by atoms with Crippen LogP contribution in [0.5, 0.6) is 0 Å². The van der Waals surface area contributed by atoms with E-state index in [0.717, 1.165) is 32.7 Å². The second-order valence-electron chi connectivity index (χ2n) is 2.71. The van der Waals surface area contributed by atoms with Gasteiger partial charge in [-0.3, -0.25) is 0 Å². The van der Waals surface area contributed by atoms with Crippen molar-refractivity contribution in [1.82, 2.24) is 0 Å². The highest BCUT2D eigenvalue weighted by atomic mass is 16.6. The molecular weight excluding hydrogens is 140 g/mol. The topological polar surface area (TPSA) is 18.5 Å². The molecule has 0 amide bonds. The molecule has 0 bridgehead atoms. The summed E-state index contributed by atoms with van der Waals surface area (Å²) in [5, 5.41) is 0. The van der Waals surface area contributed by atoms with Crippen molar-refractivity contribution in [3.05, 3.63) is 12.2 Å². The van der Waals surface area contributed by atoms with Crippen LogP contribution in [0.3, 0.4) is 0 Å². The van der Waals surface area contributed by atoms with Crippen LogP contribution in [0.25, 0.3) is 0 Å². The summed E-state index contributed by atoms with van der Waals surface area (Å²) in [6.07, 6.45) is 6.76. The molecule has 0 aromatic heterocycles. The van der Waals surface area contributed by atoms with Crippen LogP contribution in [-0.4, -0.2) is 25.9 Å². The second-order valence-corrected chi connectivity index (χ2v) is 2.71. The average Bonchev–Trinajstić information content (AvgIpc) is 2.07. The van der Waals surface area contributed by atoms with Crippen molar-refractivity contribution >= 4 is 0 Å². The van der Waals surface area contributed by atoms with E-state index in [1.807, 2.05) is 6.92 Å². The van der Waals surface area contributed by atoms with Gasteiger partial charge in [0.2, 0.25) is 0 Å². The minimum Gasteiger partial charge on any atom is -0.376 e. The Labute approximate surface area is 68.2 Å². The van der Waals surface area contributed by atoms with E-state index < -0.39 is 0 Å². The number of hydrogen-bond acceptors (Lipinski definition) is 2. The number of hydrogen-bond donors (Lipinski definition) is 0. The summed E-state index contributed by atoms with van der Waals surface area (Å²) < 4.78 is 10.7. The predicted molar refractivity (Wildman–Crippen MR) is 44.6 cm³/mol. The first-order valence-corrected chi connectivity index (χ1v) is 4.24. The number of allylic oxidation sites excluding steroid dienone is 2. The summed E-state index contributed by atoms with van der Waals surface area (Å²) in [5.41, 5.74) is 0. The molecule has 1 unspecified atom stereocenters. The van der Waals surface area contributed by atoms with Gasteiger partial charge >= 0.3 is 0 Å². The van der Waals surface area contributed by atoms with Crippen LogP contribution >= 0.6 is 0 Å². The largest absolute Gasteiger partial charge is 0.376 e. The van der Waals surface area contributed by atoms with Gasteiger partial charge in [-0.25, -0.2) is 0 Å². The van der Waals surface area contributed by atoms with Gasteiger partial charge < -0.3 is 9.47 Å². The second kappa shape index (κ2) is 5.33. The van der Waals surface area contributed by atoms with Gasteiger partial charge in [-0.1, -0.05) is 12.2 Å². The molecule has 0 saturated carbocycles. The molecule has 0 N–H and O–H groups in total. The Morgan fingerprint density at radius 1 is 1.45 bits per heavy atom. The molecule has 0 aromatic rings. The molecule has 2 heteroatoms. The van der Waals surface area contributed by atoms with E-state index in [1.165, 1.54) is 0 Å². The fraction of sp³-hybridized carbons (Fsp3) is 0.778. The van der Waals surface area contributed by atoms with Gasteiger partial charge in [0.05, 0.1) is 25.9 Å². The van der Waals surface area contributed by atoms with Crippen LogP contribution in [-0.2, 0) is 9.47 Å². The SMILES string of the molecule is CC=CCCC1COCCO1. The Morgan fingerprint density at radius 3 is 3.00 bits per heavy atom. The zero-order chi connectivity index (χ0) is 7.94. The summed E-state index contributed by atoms with van der Waals surface area (Å²) in [6, 6.07) is 0. The van der Waals surface area contributed by atoms with E-state index in [9.17, 15) is 0 Å². The van der Waals surface area contributed by atoms with Gasteiger partial charge in [0.15, 0.2) is 0 Å². The molecule has 0 spiro atoms. The molecule has 1 aliphatic rings. The fourth-order valence-electron chi connectivity index (χ4n) is 1.15. The molecule has 1 heterocycles. The van der Waals surface area contributed by atoms with Crippen molar-refractivity contribution in [1.29, 1.82) is 0 Å². The van der Waals surface area contributed by atoms with Crippen LogP contribution in [0.2, 0.25) is 0 Å². The minimum absolute atomic E-state index is 0.333. The summed E-state index contributed by atoms with van der Waals surface area (Å²) >= 11 is 0. The van der Waals surface area contributed by atoms with Crippen LogP contribution < -0.4 is 0 Å². The Morgan fingerprint density at radius 2 is 2.36 bits per heavy atom. The van der Waals surface area contributed by atoms with Crippen LogP contribution in [0.15, 0.2) is 12.2 Å². The third-order valence-corrected chi connectivity index (χ3v) is 1.78. The molecule has 1 atom stereocenters. The van der Waals surface area contributed by atoms with Gasteiger partial charge in [-0.05, 0) is 19.8 Å². The van der Waals surface area contributed by atoms with Crippen molar-refractivity contribution in [2.45, 2.75) is 25.9 Å². The van der Waals surface area contributed by atoms with E-state index in [-0.39, 0.29) is 0 Å². The lowest BCUT2D eigenvalue weighted by Gasteiger charge is -2.22. The van der Waals surface area contributed by atoms with Gasteiger partial charge in [-0.15, -0.1) is 0 Å². The minimum atomic E-state index is 0.333. The fourth-order valence-corrected chi connectivity index (χ4v) is 1.15. The van der Waals surface area contributed by atoms with Crippen molar-refractivity contribution in [2.24, 2.45) is 0 Å². The first kappa shape index (κ1) is 8.75. The number of rotatable bonds is 3. The highest BCUT2D eigenvalue weighted by molar-refractivity contribution is 4.78. The molecule has 1 saturated heterocycles. The van der Waals surface area contributed by atoms with E-state index in [1.54, 1.807) is 0 Å². The lowest BCUT2D eigenvalue weighted by atomic mass is 10.2. The van der Waals surface area contributed by atoms with Crippen LogP contribution in [0, 0.1) is 0 Å². The molecule has 0 aromatic carbocycles. The molecule has 1 aliphatic heterocycles. The normalized spacial score (nSPS) is 26.1. The average molecular weight is 156 g/mol. The number of ether oxygens (including phenoxy) is 2. The van der Waals surface area contributed by atoms with Crippen molar-refractivity contribution in [2.75, 3.05) is 19.8 Å². The standard InChI is InChI=1S/C9H16O2/c1-2-3-4-5-9-8-10-6-7-11-9/h2-3,9H,4-8H2,1H3. The van der Waals surface area contributed by atoms with Gasteiger partial charge in [0, 0.05) is 0 Å². The molecule has 1 fully saturated rings. The molecule has 2 nitrogen and oxygen atoms in total. The summed E-state index contributed by atoms with van der Waals surface area (Å²) in [6.45, 7) is 4.34. The Balaban J connectivity index is 2.04. The Kier molecular flexibility index (Phi) is 4.24. The van der Waals surface area contributed by atoms with E-state index in [2.05, 4.69) is 12.2 Å². The molecule has 0 aliphatic carbocycles. The highest BCUT2D eigenvalue weighted by Crippen LogP contribution is 2.07. The first-order chi connectivity index (χ1) is 5.43. The summed E-state index contributed by atoms with van der Waals surface area (Å²) in [5.74, 6) is 0. The monoisotopic (exact) mass is 156 g/mol. The smallest absolute Gasteiger partial charge is 0.0812 e. The predicted octanol–water partition coefficient (Wildman–Crippen LogP) is 1.76. The Hall–Kier alpha value is -0.340. The van der Waals surface area contributed by atoms with Crippen molar-refractivity contribution < 1.29 is 9.47 Å². The van der Waals surface area contributed by atoms with Crippen LogP contribution in [0.4, 0.5) is 0 Å². The molecule has 64 valence electrons. The Bertz CT molecular complexity index is 115. The van der Waals surface area contributed by atoms with Gasteiger partial charge in [-0.2, -0.15) is 0 Å². The summed E-state index contributed by atoms with van der Waals surface area (Å²) in [4.78, 5) is 0. The molecule has 0 radical (unpaired) electrons. The first-order valence-electron chi connectivity index (χ1n) is 4.24. The van der Waals surface area contributed by atoms with E-state index in [0.29, 0.717) is 6.10 Å². The van der Waals surface area contributed by atoms with E-state index in [4.69, 9.17) is 9.47 Å². The lowest BCUT2D eigenvalue weighted by Crippen LogP contribution is -2.28. The van der Waals surface area contributed by atoms with Crippen LogP contribution in [0.1, 0.15) is 19.8 Å². The van der Waals surface area contributed by atoms with E-state index >= 15 is 0 Å². The molecule has 11 heavy (non-hydrogen) atoms. The summed E-state index contributed by atoms with van der Waals surface area (Å²) in [7, 11) is 0. The highest BCUT2D eigenvalue weighted by Gasteiger charge is 2.12. The maximum Gasteiger partial charge on any atom is 0.0812 e. The maximum atomic E-state index is 5.47. The zero-order valence-electron chi connectivity index (χ0n) is 7.08. The van der Waals surface area contributed by atoms with Crippen molar-refractivity contribution in [3.8, 4) is 0 Å². The molecule has 1 rings (SSSR count). The lowest BCUT2D eigenvalue weighted by molar-refractivity contribution is -0.0901. The third-order valence-electron chi connectivity index (χ3n) is 1.78.